The summed E-state index contributed by atoms with van der Waals surface area (Å²) >= 11 is 0. The third-order valence-electron chi connectivity index (χ3n) is 2.89. The molecule has 1 rings (SSSR count). The Morgan fingerprint density at radius 2 is 2.09 bits per heavy atom. The summed E-state index contributed by atoms with van der Waals surface area (Å²) in [6.45, 7) is 1.39. The predicted molar refractivity (Wildman–Crippen MR) is 75.8 cm³/mol. The van der Waals surface area contributed by atoms with Crippen LogP contribution in [-0.4, -0.2) is 46.2 Å². The minimum atomic E-state index is -1.14. The van der Waals surface area contributed by atoms with Crippen LogP contribution >= 0.6 is 0 Å². The molecule has 0 saturated carbocycles. The number of nitrogens with one attached hydrogen (secondary N) is 2. The van der Waals surface area contributed by atoms with Gasteiger partial charge in [0.1, 0.15) is 12.1 Å². The van der Waals surface area contributed by atoms with Crippen molar-refractivity contribution in [2.75, 3.05) is 5.32 Å². The Hall–Kier alpha value is -2.55. The summed E-state index contributed by atoms with van der Waals surface area (Å²) in [6, 6.07) is 0.929. The van der Waals surface area contributed by atoms with Crippen LogP contribution in [0, 0.1) is 0 Å². The van der Waals surface area contributed by atoms with E-state index in [1.54, 1.807) is 12.1 Å². The number of hydrogen-bond acceptors (Lipinski definition) is 6. The smallest absolute Gasteiger partial charge is 0.303 e. The minimum Gasteiger partial charge on any atom is -0.481 e. The number of aliphatic hydroxyl groups excluding tert-OH is 1. The number of primary amides is 1. The number of aliphatic hydroxyl groups is 1. The van der Waals surface area contributed by atoms with Gasteiger partial charge in [0, 0.05) is 12.5 Å². The van der Waals surface area contributed by atoms with Gasteiger partial charge in [-0.05, 0) is 19.4 Å². The van der Waals surface area contributed by atoms with Crippen LogP contribution in [0.3, 0.4) is 0 Å². The highest BCUT2D eigenvalue weighted by atomic mass is 16.4. The molecular weight excluding hydrogens is 294 g/mol. The van der Waals surface area contributed by atoms with E-state index in [0.717, 1.165) is 0 Å². The Balaban J connectivity index is 2.71. The molecule has 1 heterocycles. The fraction of sp³-hybridized carbons (Fsp3) is 0.462. The van der Waals surface area contributed by atoms with E-state index in [9.17, 15) is 19.5 Å². The van der Waals surface area contributed by atoms with E-state index in [1.165, 1.54) is 13.2 Å². The van der Waals surface area contributed by atoms with E-state index in [0.29, 0.717) is 0 Å². The van der Waals surface area contributed by atoms with Gasteiger partial charge in [0.2, 0.25) is 11.8 Å². The molecule has 0 radical (unpaired) electrons. The van der Waals surface area contributed by atoms with Crippen LogP contribution in [0.1, 0.15) is 19.8 Å². The fourth-order valence-electron chi connectivity index (χ4n) is 1.73. The molecule has 1 aromatic heterocycles. The number of amides is 2. The number of carboxylic acid groups (broad SMARTS) is 1. The Labute approximate surface area is 126 Å². The van der Waals surface area contributed by atoms with Gasteiger partial charge in [-0.2, -0.15) is 0 Å². The number of aliphatic carboxylic acids is 1. The summed E-state index contributed by atoms with van der Waals surface area (Å²) < 4.78 is 5.02. The van der Waals surface area contributed by atoms with E-state index in [2.05, 4.69) is 10.6 Å². The second-order valence-electron chi connectivity index (χ2n) is 4.74. The van der Waals surface area contributed by atoms with E-state index in [-0.39, 0.29) is 18.7 Å². The molecule has 1 aromatic rings. The molecule has 122 valence electrons. The lowest BCUT2D eigenvalue weighted by atomic mass is 10.1. The zero-order chi connectivity index (χ0) is 16.7. The summed E-state index contributed by atoms with van der Waals surface area (Å²) in [5.74, 6) is -2.39. The predicted octanol–water partition coefficient (Wildman–Crippen LogP) is -0.724. The van der Waals surface area contributed by atoms with Crippen molar-refractivity contribution in [1.29, 1.82) is 0 Å². The quantitative estimate of drug-likeness (QED) is 0.402. The van der Waals surface area contributed by atoms with E-state index in [4.69, 9.17) is 15.3 Å². The third-order valence-corrected chi connectivity index (χ3v) is 2.89. The summed E-state index contributed by atoms with van der Waals surface area (Å²) in [6.07, 6.45) is -0.154. The zero-order valence-electron chi connectivity index (χ0n) is 12.0. The third kappa shape index (κ3) is 5.44. The van der Waals surface area contributed by atoms with E-state index < -0.39 is 36.0 Å². The van der Waals surface area contributed by atoms with Gasteiger partial charge in [-0.3, -0.25) is 14.4 Å². The van der Waals surface area contributed by atoms with Gasteiger partial charge in [0.05, 0.1) is 12.4 Å². The molecule has 0 aliphatic carbocycles. The van der Waals surface area contributed by atoms with Crippen LogP contribution in [0.2, 0.25) is 0 Å². The van der Waals surface area contributed by atoms with Crippen molar-refractivity contribution >= 4 is 23.7 Å². The number of anilines is 1. The van der Waals surface area contributed by atoms with Gasteiger partial charge >= 0.3 is 5.97 Å². The maximum absolute atomic E-state index is 12.1. The van der Waals surface area contributed by atoms with Crippen LogP contribution in [0.5, 0.6) is 0 Å². The largest absolute Gasteiger partial charge is 0.481 e. The van der Waals surface area contributed by atoms with Crippen molar-refractivity contribution in [3.05, 3.63) is 18.4 Å². The number of hydrogen-bond donors (Lipinski definition) is 5. The molecule has 22 heavy (non-hydrogen) atoms. The fourth-order valence-corrected chi connectivity index (χ4v) is 1.73. The molecule has 0 saturated heterocycles. The highest BCUT2D eigenvalue weighted by Crippen LogP contribution is 2.11. The first-order valence-corrected chi connectivity index (χ1v) is 6.61. The lowest BCUT2D eigenvalue weighted by molar-refractivity contribution is -0.138. The van der Waals surface area contributed by atoms with Crippen LogP contribution < -0.4 is 16.4 Å². The zero-order valence-corrected chi connectivity index (χ0v) is 12.0. The Morgan fingerprint density at radius 3 is 2.55 bits per heavy atom. The maximum Gasteiger partial charge on any atom is 0.303 e. The molecule has 2 amide bonds. The SMILES string of the molecule is CC(O)C(Nc1ccco1)C(=O)NC(CCC(=O)O)C(N)=O. The van der Waals surface area contributed by atoms with Gasteiger partial charge in [-0.15, -0.1) is 0 Å². The molecule has 0 aliphatic rings. The van der Waals surface area contributed by atoms with Crippen LogP contribution in [-0.2, 0) is 14.4 Å². The minimum absolute atomic E-state index is 0.135. The van der Waals surface area contributed by atoms with Crippen LogP contribution in [0.25, 0.3) is 0 Å². The average molecular weight is 313 g/mol. The van der Waals surface area contributed by atoms with Gasteiger partial charge in [0.15, 0.2) is 5.88 Å². The van der Waals surface area contributed by atoms with Crippen molar-refractivity contribution in [3.63, 3.8) is 0 Å². The molecule has 0 bridgehead atoms. The van der Waals surface area contributed by atoms with E-state index in [1.807, 2.05) is 0 Å². The second kappa shape index (κ2) is 8.03. The Morgan fingerprint density at radius 1 is 1.41 bits per heavy atom. The molecule has 0 aliphatic heterocycles. The van der Waals surface area contributed by atoms with Crippen molar-refractivity contribution in [2.45, 2.75) is 38.0 Å². The first kappa shape index (κ1) is 17.5. The van der Waals surface area contributed by atoms with Gasteiger partial charge < -0.3 is 31.0 Å². The summed E-state index contributed by atoms with van der Waals surface area (Å²) in [7, 11) is 0. The topological polar surface area (TPSA) is 155 Å². The highest BCUT2D eigenvalue weighted by molar-refractivity contribution is 5.90. The summed E-state index contributed by atoms with van der Waals surface area (Å²) in [5.41, 5.74) is 5.14. The number of nitrogens with two attached hydrogens (primary N) is 1. The second-order valence-corrected chi connectivity index (χ2v) is 4.74. The number of furan rings is 1. The van der Waals surface area contributed by atoms with Crippen molar-refractivity contribution in [3.8, 4) is 0 Å². The molecule has 9 heteroatoms. The lowest BCUT2D eigenvalue weighted by Gasteiger charge is -2.23. The normalized spacial score (nSPS) is 14.6. The first-order valence-electron chi connectivity index (χ1n) is 6.61. The van der Waals surface area contributed by atoms with Crippen molar-refractivity contribution < 1.29 is 29.0 Å². The molecule has 0 spiro atoms. The number of carbonyl (C=O) groups is 3. The van der Waals surface area contributed by atoms with Crippen LogP contribution in [0.15, 0.2) is 22.8 Å². The highest BCUT2D eigenvalue weighted by Gasteiger charge is 2.28. The van der Waals surface area contributed by atoms with Gasteiger partial charge in [-0.1, -0.05) is 0 Å². The maximum atomic E-state index is 12.1. The number of rotatable bonds is 9. The molecule has 9 nitrogen and oxygen atoms in total. The van der Waals surface area contributed by atoms with Crippen molar-refractivity contribution in [1.82, 2.24) is 5.32 Å². The first-order chi connectivity index (χ1) is 10.3. The number of carboxylic acids is 1. The summed E-state index contributed by atoms with van der Waals surface area (Å²) in [5, 5.41) is 23.3. The summed E-state index contributed by atoms with van der Waals surface area (Å²) in [4.78, 5) is 33.9. The van der Waals surface area contributed by atoms with Crippen LogP contribution in [0.4, 0.5) is 5.88 Å². The van der Waals surface area contributed by atoms with Crippen molar-refractivity contribution in [2.24, 2.45) is 5.73 Å². The van der Waals surface area contributed by atoms with E-state index >= 15 is 0 Å². The molecule has 0 fully saturated rings. The Bertz CT molecular complexity index is 514. The van der Waals surface area contributed by atoms with Gasteiger partial charge in [0.25, 0.3) is 0 Å². The molecular formula is C13H19N3O6. The average Bonchev–Trinajstić information content (AvgIpc) is 2.92. The monoisotopic (exact) mass is 313 g/mol. The molecule has 3 atom stereocenters. The standard InChI is InChI=1S/C13H19N3O6/c1-7(17)11(16-9-3-2-6-22-9)13(21)15-8(12(14)20)4-5-10(18)19/h2-3,6-8,11,16-17H,4-5H2,1H3,(H2,14,20)(H,15,21)(H,18,19). The van der Waals surface area contributed by atoms with Gasteiger partial charge in [-0.25, -0.2) is 0 Å². The number of carbonyl (C=O) groups excluding carboxylic acids is 2. The molecule has 0 aromatic carbocycles. The lowest BCUT2D eigenvalue weighted by Crippen LogP contribution is -2.53. The molecule has 3 unspecified atom stereocenters. The molecule has 6 N–H and O–H groups in total. The Kier molecular flexibility index (Phi) is 6.39.